The van der Waals surface area contributed by atoms with E-state index >= 15 is 0 Å². The molecule has 0 aliphatic rings. The SMILES string of the molecule is COCCNCC/C=C/c1cnccc1C(F)(F)F. The zero-order chi connectivity index (χ0) is 14.1. The van der Waals surface area contributed by atoms with E-state index in [2.05, 4.69) is 10.3 Å². The highest BCUT2D eigenvalue weighted by molar-refractivity contribution is 5.53. The number of nitrogens with zero attached hydrogens (tertiary/aromatic N) is 1. The van der Waals surface area contributed by atoms with Crippen molar-refractivity contribution in [2.24, 2.45) is 0 Å². The Labute approximate surface area is 110 Å². The van der Waals surface area contributed by atoms with Crippen LogP contribution in [0.15, 0.2) is 24.5 Å². The second-order valence-corrected chi connectivity index (χ2v) is 3.89. The van der Waals surface area contributed by atoms with Gasteiger partial charge in [0.2, 0.25) is 0 Å². The van der Waals surface area contributed by atoms with Gasteiger partial charge in [0.25, 0.3) is 0 Å². The number of pyridine rings is 1. The molecule has 0 atom stereocenters. The quantitative estimate of drug-likeness (QED) is 0.776. The summed E-state index contributed by atoms with van der Waals surface area (Å²) in [4.78, 5) is 3.71. The molecule has 1 aromatic rings. The van der Waals surface area contributed by atoms with Crippen LogP contribution in [0.2, 0.25) is 0 Å². The van der Waals surface area contributed by atoms with E-state index in [4.69, 9.17) is 4.74 Å². The molecule has 0 aromatic carbocycles. The summed E-state index contributed by atoms with van der Waals surface area (Å²) in [5, 5.41) is 3.10. The predicted octanol–water partition coefficient (Wildman–Crippen LogP) is 2.74. The van der Waals surface area contributed by atoms with Crippen molar-refractivity contribution in [1.82, 2.24) is 10.3 Å². The third-order valence-corrected chi connectivity index (χ3v) is 2.43. The average Bonchev–Trinajstić information content (AvgIpc) is 2.37. The van der Waals surface area contributed by atoms with Gasteiger partial charge < -0.3 is 10.1 Å². The van der Waals surface area contributed by atoms with Crippen LogP contribution in [0.25, 0.3) is 6.08 Å². The molecule has 0 aliphatic carbocycles. The van der Waals surface area contributed by atoms with Crippen LogP contribution >= 0.6 is 0 Å². The maximum atomic E-state index is 12.7. The van der Waals surface area contributed by atoms with E-state index in [0.717, 1.165) is 18.8 Å². The van der Waals surface area contributed by atoms with Crippen molar-refractivity contribution >= 4 is 6.08 Å². The number of rotatable bonds is 7. The number of nitrogens with one attached hydrogen (secondary N) is 1. The molecule has 3 nitrogen and oxygen atoms in total. The van der Waals surface area contributed by atoms with E-state index < -0.39 is 11.7 Å². The maximum Gasteiger partial charge on any atom is 0.417 e. The van der Waals surface area contributed by atoms with Crippen LogP contribution in [0, 0.1) is 0 Å². The number of hydrogen-bond acceptors (Lipinski definition) is 3. The number of alkyl halides is 3. The van der Waals surface area contributed by atoms with Crippen LogP contribution in [0.5, 0.6) is 0 Å². The Kier molecular flexibility index (Phi) is 6.52. The van der Waals surface area contributed by atoms with Crippen molar-refractivity contribution < 1.29 is 17.9 Å². The van der Waals surface area contributed by atoms with Gasteiger partial charge in [-0.15, -0.1) is 0 Å². The van der Waals surface area contributed by atoms with Crippen LogP contribution in [0.4, 0.5) is 13.2 Å². The molecule has 6 heteroatoms. The lowest BCUT2D eigenvalue weighted by atomic mass is 10.1. The molecule has 1 heterocycles. The Morgan fingerprint density at radius 2 is 2.16 bits per heavy atom. The second kappa shape index (κ2) is 7.91. The Morgan fingerprint density at radius 1 is 1.37 bits per heavy atom. The van der Waals surface area contributed by atoms with Gasteiger partial charge >= 0.3 is 6.18 Å². The highest BCUT2D eigenvalue weighted by atomic mass is 19.4. The molecule has 0 radical (unpaired) electrons. The Bertz CT molecular complexity index is 405. The maximum absolute atomic E-state index is 12.7. The predicted molar refractivity (Wildman–Crippen MR) is 67.6 cm³/mol. The van der Waals surface area contributed by atoms with Crippen molar-refractivity contribution in [3.63, 3.8) is 0 Å². The minimum atomic E-state index is -4.35. The number of aromatic nitrogens is 1. The molecule has 0 spiro atoms. The molecule has 0 unspecified atom stereocenters. The number of halogens is 3. The first-order chi connectivity index (χ1) is 9.05. The fraction of sp³-hybridized carbons (Fsp3) is 0.462. The first-order valence-corrected chi connectivity index (χ1v) is 5.93. The molecule has 1 aromatic heterocycles. The summed E-state index contributed by atoms with van der Waals surface area (Å²) < 4.78 is 42.9. The van der Waals surface area contributed by atoms with Gasteiger partial charge in [-0.3, -0.25) is 4.98 Å². The highest BCUT2D eigenvalue weighted by Crippen LogP contribution is 2.31. The first-order valence-electron chi connectivity index (χ1n) is 5.93. The Morgan fingerprint density at radius 3 is 2.84 bits per heavy atom. The largest absolute Gasteiger partial charge is 0.417 e. The van der Waals surface area contributed by atoms with E-state index in [1.807, 2.05) is 0 Å². The molecular weight excluding hydrogens is 257 g/mol. The van der Waals surface area contributed by atoms with E-state index in [-0.39, 0.29) is 5.56 Å². The van der Waals surface area contributed by atoms with Crippen molar-refractivity contribution in [3.8, 4) is 0 Å². The summed E-state index contributed by atoms with van der Waals surface area (Å²) in [6.07, 6.45) is 1.82. The highest BCUT2D eigenvalue weighted by Gasteiger charge is 2.32. The van der Waals surface area contributed by atoms with Gasteiger partial charge in [0.1, 0.15) is 0 Å². The Hall–Kier alpha value is -1.40. The molecule has 0 saturated carbocycles. The van der Waals surface area contributed by atoms with Crippen LogP contribution in [-0.4, -0.2) is 31.8 Å². The molecule has 19 heavy (non-hydrogen) atoms. The molecule has 0 aliphatic heterocycles. The van der Waals surface area contributed by atoms with Crippen LogP contribution in [-0.2, 0) is 10.9 Å². The van der Waals surface area contributed by atoms with Gasteiger partial charge in [0, 0.05) is 31.6 Å². The topological polar surface area (TPSA) is 34.1 Å². The zero-order valence-electron chi connectivity index (χ0n) is 10.7. The normalized spacial score (nSPS) is 12.2. The molecule has 1 rings (SSSR count). The van der Waals surface area contributed by atoms with Gasteiger partial charge in [0.05, 0.1) is 12.2 Å². The standard InChI is InChI=1S/C13H17F3N2O/c1-19-9-8-17-6-3-2-4-11-10-18-7-5-12(11)13(14,15)16/h2,4-5,7,10,17H,3,6,8-9H2,1H3/b4-2+. The fourth-order valence-electron chi connectivity index (χ4n) is 1.49. The second-order valence-electron chi connectivity index (χ2n) is 3.89. The summed E-state index contributed by atoms with van der Waals surface area (Å²) in [6.45, 7) is 2.04. The lowest BCUT2D eigenvalue weighted by Gasteiger charge is -2.09. The van der Waals surface area contributed by atoms with E-state index in [1.165, 1.54) is 12.3 Å². The third kappa shape index (κ3) is 5.85. The molecule has 0 saturated heterocycles. The van der Waals surface area contributed by atoms with E-state index in [9.17, 15) is 13.2 Å². The third-order valence-electron chi connectivity index (χ3n) is 2.43. The van der Waals surface area contributed by atoms with Crippen LogP contribution in [0.3, 0.4) is 0 Å². The molecule has 0 fully saturated rings. The van der Waals surface area contributed by atoms with E-state index in [0.29, 0.717) is 19.6 Å². The number of hydrogen-bond donors (Lipinski definition) is 1. The van der Waals surface area contributed by atoms with Crippen molar-refractivity contribution in [3.05, 3.63) is 35.7 Å². The van der Waals surface area contributed by atoms with Gasteiger partial charge in [-0.1, -0.05) is 12.2 Å². The van der Waals surface area contributed by atoms with Crippen molar-refractivity contribution in [2.45, 2.75) is 12.6 Å². The lowest BCUT2D eigenvalue weighted by Crippen LogP contribution is -2.19. The summed E-state index contributed by atoms with van der Waals surface area (Å²) in [5.41, 5.74) is -0.571. The number of ether oxygens (including phenoxy) is 1. The summed E-state index contributed by atoms with van der Waals surface area (Å²) in [5.74, 6) is 0. The molecule has 106 valence electrons. The minimum Gasteiger partial charge on any atom is -0.383 e. The molecule has 1 N–H and O–H groups in total. The summed E-state index contributed by atoms with van der Waals surface area (Å²) in [7, 11) is 1.61. The lowest BCUT2D eigenvalue weighted by molar-refractivity contribution is -0.137. The van der Waals surface area contributed by atoms with Gasteiger partial charge in [-0.05, 0) is 19.0 Å². The molecule has 0 amide bonds. The van der Waals surface area contributed by atoms with Crippen LogP contribution < -0.4 is 5.32 Å². The van der Waals surface area contributed by atoms with Crippen molar-refractivity contribution in [2.75, 3.05) is 26.8 Å². The van der Waals surface area contributed by atoms with Gasteiger partial charge in [0.15, 0.2) is 0 Å². The Balaban J connectivity index is 2.48. The number of methoxy groups -OCH3 is 1. The van der Waals surface area contributed by atoms with Crippen LogP contribution in [0.1, 0.15) is 17.5 Å². The zero-order valence-corrected chi connectivity index (χ0v) is 10.7. The first kappa shape index (κ1) is 15.7. The van der Waals surface area contributed by atoms with Gasteiger partial charge in [-0.25, -0.2) is 0 Å². The fourth-order valence-corrected chi connectivity index (χ4v) is 1.49. The molecular formula is C13H17F3N2O. The summed E-state index contributed by atoms with van der Waals surface area (Å²) >= 11 is 0. The van der Waals surface area contributed by atoms with Gasteiger partial charge in [-0.2, -0.15) is 13.2 Å². The average molecular weight is 274 g/mol. The smallest absolute Gasteiger partial charge is 0.383 e. The van der Waals surface area contributed by atoms with Crippen molar-refractivity contribution in [1.29, 1.82) is 0 Å². The van der Waals surface area contributed by atoms with E-state index in [1.54, 1.807) is 13.2 Å². The summed E-state index contributed by atoms with van der Waals surface area (Å²) in [6, 6.07) is 0.983. The minimum absolute atomic E-state index is 0.0897. The molecule has 0 bridgehead atoms. The monoisotopic (exact) mass is 274 g/mol.